The third-order valence-corrected chi connectivity index (χ3v) is 4.27. The number of benzene rings is 2. The van der Waals surface area contributed by atoms with Crippen molar-refractivity contribution in [3.05, 3.63) is 59.7 Å². The number of rotatable bonds is 5. The van der Waals surface area contributed by atoms with Crippen LogP contribution in [0.2, 0.25) is 0 Å². The molecule has 3 N–H and O–H groups in total. The molecule has 3 nitrogen and oxygen atoms in total. The second kappa shape index (κ2) is 7.52. The SMILES string of the molecule is Cl.N[C@@H](c1ccc(OCc2ccccc2)cc1O)C1CCC1. The number of phenolic OH excluding ortho intramolecular Hbond substituents is 1. The van der Waals surface area contributed by atoms with E-state index in [1.54, 1.807) is 6.07 Å². The van der Waals surface area contributed by atoms with E-state index in [-0.39, 0.29) is 24.2 Å². The van der Waals surface area contributed by atoms with Gasteiger partial charge in [-0.2, -0.15) is 0 Å². The average Bonchev–Trinajstić information content (AvgIpc) is 2.44. The summed E-state index contributed by atoms with van der Waals surface area (Å²) in [5.74, 6) is 1.41. The van der Waals surface area contributed by atoms with Gasteiger partial charge in [-0.05, 0) is 30.4 Å². The van der Waals surface area contributed by atoms with Gasteiger partial charge in [0.2, 0.25) is 0 Å². The number of aromatic hydroxyl groups is 1. The summed E-state index contributed by atoms with van der Waals surface area (Å²) in [5.41, 5.74) is 8.15. The molecule has 22 heavy (non-hydrogen) atoms. The van der Waals surface area contributed by atoms with E-state index in [1.807, 2.05) is 42.5 Å². The fourth-order valence-corrected chi connectivity index (χ4v) is 2.69. The van der Waals surface area contributed by atoms with Crippen LogP contribution in [0.5, 0.6) is 11.5 Å². The lowest BCUT2D eigenvalue weighted by Gasteiger charge is -2.31. The lowest BCUT2D eigenvalue weighted by atomic mass is 9.77. The monoisotopic (exact) mass is 319 g/mol. The maximum absolute atomic E-state index is 10.2. The lowest BCUT2D eigenvalue weighted by molar-refractivity contribution is 0.259. The number of halogens is 1. The van der Waals surface area contributed by atoms with E-state index in [0.29, 0.717) is 18.3 Å². The summed E-state index contributed by atoms with van der Waals surface area (Å²) in [6.07, 6.45) is 3.57. The van der Waals surface area contributed by atoms with Gasteiger partial charge in [0.15, 0.2) is 0 Å². The zero-order valence-corrected chi connectivity index (χ0v) is 13.3. The molecule has 0 aromatic heterocycles. The number of hydrogen-bond donors (Lipinski definition) is 2. The Morgan fingerprint density at radius 2 is 1.86 bits per heavy atom. The molecule has 0 radical (unpaired) electrons. The molecule has 1 fully saturated rings. The minimum absolute atomic E-state index is 0. The predicted molar refractivity (Wildman–Crippen MR) is 90.4 cm³/mol. The molecule has 3 rings (SSSR count). The van der Waals surface area contributed by atoms with E-state index in [0.717, 1.165) is 24.0 Å². The minimum Gasteiger partial charge on any atom is -0.507 e. The van der Waals surface area contributed by atoms with E-state index >= 15 is 0 Å². The van der Waals surface area contributed by atoms with Crippen LogP contribution < -0.4 is 10.5 Å². The first-order valence-corrected chi connectivity index (χ1v) is 7.49. The molecule has 4 heteroatoms. The Morgan fingerprint density at radius 1 is 1.14 bits per heavy atom. The van der Waals surface area contributed by atoms with Gasteiger partial charge in [-0.3, -0.25) is 0 Å². The van der Waals surface area contributed by atoms with Gasteiger partial charge in [0.1, 0.15) is 18.1 Å². The molecule has 118 valence electrons. The van der Waals surface area contributed by atoms with Crippen molar-refractivity contribution in [2.45, 2.75) is 31.9 Å². The van der Waals surface area contributed by atoms with Gasteiger partial charge >= 0.3 is 0 Å². The van der Waals surface area contributed by atoms with Crippen LogP contribution in [-0.2, 0) is 6.61 Å². The maximum Gasteiger partial charge on any atom is 0.124 e. The molecule has 1 atom stereocenters. The molecule has 2 aromatic rings. The zero-order valence-electron chi connectivity index (χ0n) is 12.4. The molecule has 0 aliphatic heterocycles. The van der Waals surface area contributed by atoms with Gasteiger partial charge in [-0.25, -0.2) is 0 Å². The number of ether oxygens (including phenoxy) is 1. The van der Waals surface area contributed by atoms with Crippen molar-refractivity contribution in [1.82, 2.24) is 0 Å². The van der Waals surface area contributed by atoms with Crippen LogP contribution in [0.25, 0.3) is 0 Å². The van der Waals surface area contributed by atoms with E-state index < -0.39 is 0 Å². The van der Waals surface area contributed by atoms with Gasteiger partial charge in [0.05, 0.1) is 0 Å². The van der Waals surface area contributed by atoms with E-state index in [1.165, 1.54) is 6.42 Å². The summed E-state index contributed by atoms with van der Waals surface area (Å²) in [6, 6.07) is 15.3. The summed E-state index contributed by atoms with van der Waals surface area (Å²) in [4.78, 5) is 0. The number of hydrogen-bond acceptors (Lipinski definition) is 3. The van der Waals surface area contributed by atoms with Crippen LogP contribution in [0, 0.1) is 5.92 Å². The highest BCUT2D eigenvalue weighted by atomic mass is 35.5. The van der Waals surface area contributed by atoms with Crippen molar-refractivity contribution in [3.8, 4) is 11.5 Å². The van der Waals surface area contributed by atoms with Crippen molar-refractivity contribution in [3.63, 3.8) is 0 Å². The van der Waals surface area contributed by atoms with Crippen molar-refractivity contribution in [2.75, 3.05) is 0 Å². The fraction of sp³-hybridized carbons (Fsp3) is 0.333. The van der Waals surface area contributed by atoms with Crippen molar-refractivity contribution in [2.24, 2.45) is 11.7 Å². The molecule has 1 saturated carbocycles. The second-order valence-corrected chi connectivity index (χ2v) is 5.71. The zero-order chi connectivity index (χ0) is 14.7. The second-order valence-electron chi connectivity index (χ2n) is 5.71. The summed E-state index contributed by atoms with van der Waals surface area (Å²) >= 11 is 0. The van der Waals surface area contributed by atoms with Gasteiger partial charge in [-0.15, -0.1) is 12.4 Å². The van der Waals surface area contributed by atoms with Crippen LogP contribution >= 0.6 is 12.4 Å². The largest absolute Gasteiger partial charge is 0.507 e. The first-order valence-electron chi connectivity index (χ1n) is 7.49. The molecular weight excluding hydrogens is 298 g/mol. The quantitative estimate of drug-likeness (QED) is 0.868. The summed E-state index contributed by atoms with van der Waals surface area (Å²) in [5, 5.41) is 10.2. The highest BCUT2D eigenvalue weighted by molar-refractivity contribution is 5.85. The standard InChI is InChI=1S/C18H21NO2.ClH/c19-18(14-7-4-8-14)16-10-9-15(11-17(16)20)21-12-13-5-2-1-3-6-13;/h1-3,5-6,9-11,14,18,20H,4,7-8,12,19H2;1H/t18-;/m1./s1. The molecule has 0 unspecified atom stereocenters. The Morgan fingerprint density at radius 3 is 2.45 bits per heavy atom. The molecule has 0 saturated heterocycles. The summed E-state index contributed by atoms with van der Waals surface area (Å²) in [6.45, 7) is 0.494. The predicted octanol–water partition coefficient (Wildman–Crippen LogP) is 4.19. The molecular formula is C18H22ClNO2. The smallest absolute Gasteiger partial charge is 0.124 e. The van der Waals surface area contributed by atoms with Crippen LogP contribution in [0.15, 0.2) is 48.5 Å². The Labute approximate surface area is 137 Å². The van der Waals surface area contributed by atoms with E-state index in [9.17, 15) is 5.11 Å². The van der Waals surface area contributed by atoms with Gasteiger partial charge < -0.3 is 15.6 Å². The summed E-state index contributed by atoms with van der Waals surface area (Å²) < 4.78 is 5.71. The minimum atomic E-state index is -0.0677. The third kappa shape index (κ3) is 3.73. The lowest BCUT2D eigenvalue weighted by Crippen LogP contribution is -2.26. The molecule has 1 aliphatic carbocycles. The Bertz CT molecular complexity index is 599. The number of phenols is 1. The molecule has 1 aliphatic rings. The highest BCUT2D eigenvalue weighted by Crippen LogP contribution is 2.39. The van der Waals surface area contributed by atoms with Crippen LogP contribution in [-0.4, -0.2) is 5.11 Å². The third-order valence-electron chi connectivity index (χ3n) is 4.27. The molecule has 0 heterocycles. The normalized spacial score (nSPS) is 15.5. The van der Waals surface area contributed by atoms with E-state index in [4.69, 9.17) is 10.5 Å². The molecule has 0 spiro atoms. The molecule has 0 amide bonds. The Hall–Kier alpha value is -1.71. The van der Waals surface area contributed by atoms with Gasteiger partial charge in [0, 0.05) is 17.7 Å². The Kier molecular flexibility index (Phi) is 5.69. The average molecular weight is 320 g/mol. The van der Waals surface area contributed by atoms with Crippen molar-refractivity contribution >= 4 is 12.4 Å². The van der Waals surface area contributed by atoms with Gasteiger partial charge in [-0.1, -0.05) is 42.8 Å². The van der Waals surface area contributed by atoms with Gasteiger partial charge in [0.25, 0.3) is 0 Å². The van der Waals surface area contributed by atoms with Crippen LogP contribution in [0.3, 0.4) is 0 Å². The van der Waals surface area contributed by atoms with Crippen LogP contribution in [0.1, 0.15) is 36.4 Å². The molecule has 2 aromatic carbocycles. The topological polar surface area (TPSA) is 55.5 Å². The van der Waals surface area contributed by atoms with Crippen LogP contribution in [0.4, 0.5) is 0 Å². The molecule has 0 bridgehead atoms. The van der Waals surface area contributed by atoms with E-state index in [2.05, 4.69) is 0 Å². The first kappa shape index (κ1) is 16.7. The summed E-state index contributed by atoms with van der Waals surface area (Å²) in [7, 11) is 0. The number of nitrogens with two attached hydrogens (primary N) is 1. The van der Waals surface area contributed by atoms with Crippen molar-refractivity contribution in [1.29, 1.82) is 0 Å². The Balaban J connectivity index is 0.00000176. The maximum atomic E-state index is 10.2. The van der Waals surface area contributed by atoms with Crippen molar-refractivity contribution < 1.29 is 9.84 Å². The highest BCUT2D eigenvalue weighted by Gasteiger charge is 2.27. The fourth-order valence-electron chi connectivity index (χ4n) is 2.69. The first-order chi connectivity index (χ1) is 10.2.